The molecule has 1 aromatic carbocycles. The van der Waals surface area contributed by atoms with Crippen LogP contribution in [-0.4, -0.2) is 23.6 Å². The number of carbonyl (C=O) groups excluding carboxylic acids is 2. The molecule has 0 aromatic heterocycles. The Bertz CT molecular complexity index is 494. The maximum atomic E-state index is 11.6. The van der Waals surface area contributed by atoms with Gasteiger partial charge < -0.3 is 15.2 Å². The molecule has 1 rings (SSSR count). The van der Waals surface area contributed by atoms with Crippen molar-refractivity contribution in [1.29, 1.82) is 0 Å². The fraction of sp³-hybridized carbons (Fsp3) is 0.375. The number of hydrogen-bond donors (Lipinski definition) is 2. The molecule has 0 spiro atoms. The van der Waals surface area contributed by atoms with Gasteiger partial charge >= 0.3 is 5.97 Å². The Hall–Kier alpha value is -2.14. The first kappa shape index (κ1) is 16.9. The van der Waals surface area contributed by atoms with E-state index in [4.69, 9.17) is 9.84 Å². The van der Waals surface area contributed by atoms with E-state index in [-0.39, 0.29) is 25.5 Å². The predicted molar refractivity (Wildman–Crippen MR) is 79.0 cm³/mol. The second-order valence-electron chi connectivity index (χ2n) is 5.49. The van der Waals surface area contributed by atoms with Gasteiger partial charge in [-0.2, -0.15) is 0 Å². The topological polar surface area (TPSA) is 75.6 Å². The van der Waals surface area contributed by atoms with Crippen molar-refractivity contribution in [2.24, 2.45) is 5.41 Å². The number of benzene rings is 1. The van der Waals surface area contributed by atoms with Crippen molar-refractivity contribution in [2.75, 3.05) is 6.61 Å². The van der Waals surface area contributed by atoms with E-state index >= 15 is 0 Å². The molecule has 0 saturated heterocycles. The Kier molecular flexibility index (Phi) is 6.62. The van der Waals surface area contributed by atoms with Gasteiger partial charge in [-0.25, -0.2) is 4.79 Å². The van der Waals surface area contributed by atoms with Crippen LogP contribution in [0.1, 0.15) is 25.8 Å². The second-order valence-corrected chi connectivity index (χ2v) is 5.49. The van der Waals surface area contributed by atoms with Gasteiger partial charge in [-0.1, -0.05) is 44.2 Å². The summed E-state index contributed by atoms with van der Waals surface area (Å²) in [6, 6.07) is 9.32. The third-order valence-electron chi connectivity index (χ3n) is 2.75. The predicted octanol–water partition coefficient (Wildman–Crippen LogP) is 1.77. The number of amides is 1. The zero-order chi connectivity index (χ0) is 15.7. The van der Waals surface area contributed by atoms with Gasteiger partial charge in [-0.05, 0) is 11.0 Å². The van der Waals surface area contributed by atoms with Crippen LogP contribution in [0.4, 0.5) is 0 Å². The number of carbonyl (C=O) groups is 2. The lowest BCUT2D eigenvalue weighted by Gasteiger charge is -2.19. The lowest BCUT2D eigenvalue weighted by molar-refractivity contribution is -0.139. The monoisotopic (exact) mass is 291 g/mol. The zero-order valence-corrected chi connectivity index (χ0v) is 12.3. The van der Waals surface area contributed by atoms with E-state index in [0.717, 1.165) is 11.6 Å². The maximum absolute atomic E-state index is 11.6. The van der Waals surface area contributed by atoms with Crippen LogP contribution in [0.3, 0.4) is 0 Å². The van der Waals surface area contributed by atoms with Crippen molar-refractivity contribution in [2.45, 2.75) is 26.9 Å². The van der Waals surface area contributed by atoms with Crippen molar-refractivity contribution >= 4 is 11.9 Å². The molecule has 5 heteroatoms. The molecule has 1 aromatic rings. The van der Waals surface area contributed by atoms with Crippen molar-refractivity contribution in [3.8, 4) is 0 Å². The van der Waals surface area contributed by atoms with Gasteiger partial charge in [0, 0.05) is 25.3 Å². The Labute approximate surface area is 124 Å². The third kappa shape index (κ3) is 7.27. The fourth-order valence-electron chi connectivity index (χ4n) is 1.52. The van der Waals surface area contributed by atoms with Crippen LogP contribution in [0, 0.1) is 5.41 Å². The van der Waals surface area contributed by atoms with Crippen LogP contribution in [0.25, 0.3) is 0 Å². The molecule has 0 heterocycles. The average molecular weight is 291 g/mol. The summed E-state index contributed by atoms with van der Waals surface area (Å²) in [5.41, 5.74) is 0.416. The van der Waals surface area contributed by atoms with Gasteiger partial charge in [0.25, 0.3) is 0 Å². The molecule has 0 radical (unpaired) electrons. The van der Waals surface area contributed by atoms with Gasteiger partial charge in [-0.3, -0.25) is 4.79 Å². The van der Waals surface area contributed by atoms with E-state index in [9.17, 15) is 9.59 Å². The Morgan fingerprint density at radius 3 is 2.57 bits per heavy atom. The highest BCUT2D eigenvalue weighted by atomic mass is 16.5. The highest BCUT2D eigenvalue weighted by Gasteiger charge is 2.20. The molecule has 114 valence electrons. The summed E-state index contributed by atoms with van der Waals surface area (Å²) in [4.78, 5) is 23.0. The van der Waals surface area contributed by atoms with Crippen LogP contribution in [-0.2, 0) is 20.9 Å². The van der Waals surface area contributed by atoms with E-state index in [1.54, 1.807) is 13.8 Å². The largest absolute Gasteiger partial charge is 0.458 e. The van der Waals surface area contributed by atoms with Crippen LogP contribution in [0.15, 0.2) is 42.6 Å². The lowest BCUT2D eigenvalue weighted by atomic mass is 9.90. The number of aliphatic hydroxyl groups excluding tert-OH is 1. The summed E-state index contributed by atoms with van der Waals surface area (Å²) in [5.74, 6) is -0.790. The van der Waals surface area contributed by atoms with Crippen LogP contribution >= 0.6 is 0 Å². The Morgan fingerprint density at radius 1 is 1.29 bits per heavy atom. The SMILES string of the molecule is CC(C)(CO)CC(=O)N/C=C/C(=O)OCc1ccccc1. The van der Waals surface area contributed by atoms with Crippen molar-refractivity contribution < 1.29 is 19.4 Å². The molecular formula is C16H21NO4. The molecule has 5 nitrogen and oxygen atoms in total. The van der Waals surface area contributed by atoms with Gasteiger partial charge in [0.2, 0.25) is 5.91 Å². The zero-order valence-electron chi connectivity index (χ0n) is 12.3. The number of esters is 1. The highest BCUT2D eigenvalue weighted by Crippen LogP contribution is 2.18. The number of rotatable bonds is 7. The summed E-state index contributed by atoms with van der Waals surface area (Å²) in [6.07, 6.45) is 2.59. The molecule has 21 heavy (non-hydrogen) atoms. The normalized spacial score (nSPS) is 11.4. The van der Waals surface area contributed by atoms with E-state index < -0.39 is 11.4 Å². The number of ether oxygens (including phenoxy) is 1. The highest BCUT2D eigenvalue weighted by molar-refractivity contribution is 5.83. The van der Waals surface area contributed by atoms with Crippen LogP contribution in [0.2, 0.25) is 0 Å². The standard InChI is InChI=1S/C16H21NO4/c1-16(2,12-18)10-14(19)17-9-8-15(20)21-11-13-6-4-3-5-7-13/h3-9,18H,10-12H2,1-2H3,(H,17,19)/b9-8+. The van der Waals surface area contributed by atoms with Gasteiger partial charge in [-0.15, -0.1) is 0 Å². The molecular weight excluding hydrogens is 270 g/mol. The quantitative estimate of drug-likeness (QED) is 0.593. The molecule has 1 amide bonds. The summed E-state index contributed by atoms with van der Waals surface area (Å²) in [7, 11) is 0. The summed E-state index contributed by atoms with van der Waals surface area (Å²) in [6.45, 7) is 3.67. The molecule has 0 aliphatic rings. The fourth-order valence-corrected chi connectivity index (χ4v) is 1.52. The van der Waals surface area contributed by atoms with Gasteiger partial charge in [0.05, 0.1) is 0 Å². The van der Waals surface area contributed by atoms with Crippen LogP contribution in [0.5, 0.6) is 0 Å². The second kappa shape index (κ2) is 8.21. The summed E-state index contributed by atoms with van der Waals surface area (Å²) >= 11 is 0. The van der Waals surface area contributed by atoms with Crippen LogP contribution < -0.4 is 5.32 Å². The molecule has 0 aliphatic heterocycles. The molecule has 0 atom stereocenters. The summed E-state index contributed by atoms with van der Waals surface area (Å²) in [5, 5.41) is 11.5. The Balaban J connectivity index is 2.30. The smallest absolute Gasteiger partial charge is 0.332 e. The molecule has 0 aliphatic carbocycles. The van der Waals surface area contributed by atoms with Crippen molar-refractivity contribution in [3.63, 3.8) is 0 Å². The lowest BCUT2D eigenvalue weighted by Crippen LogP contribution is -2.27. The minimum atomic E-state index is -0.527. The maximum Gasteiger partial charge on any atom is 0.332 e. The van der Waals surface area contributed by atoms with Gasteiger partial charge in [0.15, 0.2) is 0 Å². The molecule has 2 N–H and O–H groups in total. The van der Waals surface area contributed by atoms with Gasteiger partial charge in [0.1, 0.15) is 6.61 Å². The van der Waals surface area contributed by atoms with Crippen molar-refractivity contribution in [3.05, 3.63) is 48.2 Å². The summed E-state index contributed by atoms with van der Waals surface area (Å²) < 4.78 is 5.01. The Morgan fingerprint density at radius 2 is 1.95 bits per heavy atom. The number of aliphatic hydroxyl groups is 1. The first-order valence-corrected chi connectivity index (χ1v) is 6.70. The molecule has 0 fully saturated rings. The number of hydrogen-bond acceptors (Lipinski definition) is 4. The minimum Gasteiger partial charge on any atom is -0.458 e. The first-order valence-electron chi connectivity index (χ1n) is 6.70. The molecule has 0 saturated carbocycles. The van der Waals surface area contributed by atoms with E-state index in [0.29, 0.717) is 0 Å². The third-order valence-corrected chi connectivity index (χ3v) is 2.75. The molecule has 0 bridgehead atoms. The molecule has 0 unspecified atom stereocenters. The van der Waals surface area contributed by atoms with E-state index in [1.807, 2.05) is 30.3 Å². The number of nitrogens with one attached hydrogen (secondary N) is 1. The minimum absolute atomic E-state index is 0.0801. The van der Waals surface area contributed by atoms with E-state index in [2.05, 4.69) is 5.32 Å². The van der Waals surface area contributed by atoms with Crippen molar-refractivity contribution in [1.82, 2.24) is 5.32 Å². The van der Waals surface area contributed by atoms with E-state index in [1.165, 1.54) is 6.20 Å². The average Bonchev–Trinajstić information content (AvgIpc) is 2.46. The first-order chi connectivity index (χ1) is 9.93.